The van der Waals surface area contributed by atoms with Crippen molar-refractivity contribution in [1.82, 2.24) is 5.16 Å². The Morgan fingerprint density at radius 1 is 1.08 bits per heavy atom. The lowest BCUT2D eigenvalue weighted by Crippen LogP contribution is -2.14. The molecule has 0 saturated carbocycles. The fraction of sp³-hybridized carbons (Fsp3) is 0.167. The summed E-state index contributed by atoms with van der Waals surface area (Å²) >= 11 is 0. The number of nitrogens with one attached hydrogen (secondary N) is 1. The molecule has 3 N–H and O–H groups in total. The van der Waals surface area contributed by atoms with Gasteiger partial charge in [-0.1, -0.05) is 29.4 Å². The minimum absolute atomic E-state index is 0.215. The summed E-state index contributed by atoms with van der Waals surface area (Å²) in [6, 6.07) is 15.5. The van der Waals surface area contributed by atoms with Crippen LogP contribution >= 0.6 is 0 Å². The Kier molecular flexibility index (Phi) is 3.49. The quantitative estimate of drug-likeness (QED) is 0.765. The van der Waals surface area contributed by atoms with E-state index in [0.29, 0.717) is 5.88 Å². The maximum Gasteiger partial charge on any atom is 0.231 e. The van der Waals surface area contributed by atoms with E-state index < -0.39 is 0 Å². The number of hydrogen-bond acceptors (Lipinski definition) is 6. The van der Waals surface area contributed by atoms with Gasteiger partial charge in [-0.3, -0.25) is 0 Å². The molecule has 0 aliphatic carbocycles. The number of hydrogen-bond donors (Lipinski definition) is 2. The maximum atomic E-state index is 6.02. The van der Waals surface area contributed by atoms with E-state index in [1.54, 1.807) is 0 Å². The smallest absolute Gasteiger partial charge is 0.231 e. The molecule has 4 rings (SSSR count). The number of anilines is 2. The number of aromatic nitrogens is 1. The lowest BCUT2D eigenvalue weighted by atomic mass is 9.97. The van der Waals surface area contributed by atoms with E-state index in [1.807, 2.05) is 55.5 Å². The van der Waals surface area contributed by atoms with Crippen LogP contribution < -0.4 is 20.5 Å². The molecule has 122 valence electrons. The summed E-state index contributed by atoms with van der Waals surface area (Å²) in [6.45, 7) is 2.12. The highest BCUT2D eigenvalue weighted by atomic mass is 16.7. The Morgan fingerprint density at radius 2 is 1.88 bits per heavy atom. The summed E-state index contributed by atoms with van der Waals surface area (Å²) in [4.78, 5) is 0. The van der Waals surface area contributed by atoms with E-state index in [-0.39, 0.29) is 12.8 Å². The first-order valence-electron chi connectivity index (χ1n) is 7.65. The molecule has 1 aliphatic heterocycles. The van der Waals surface area contributed by atoms with Gasteiger partial charge in [0.05, 0.1) is 17.3 Å². The molecule has 1 unspecified atom stereocenters. The van der Waals surface area contributed by atoms with Gasteiger partial charge in [0.25, 0.3) is 0 Å². The summed E-state index contributed by atoms with van der Waals surface area (Å²) in [5, 5.41) is 7.47. The lowest BCUT2D eigenvalue weighted by molar-refractivity contribution is 0.174. The van der Waals surface area contributed by atoms with Crippen molar-refractivity contribution in [2.75, 3.05) is 17.8 Å². The van der Waals surface area contributed by atoms with E-state index in [4.69, 9.17) is 19.7 Å². The Bertz CT molecular complexity index is 842. The monoisotopic (exact) mass is 323 g/mol. The Hall–Kier alpha value is -3.15. The molecule has 2 aromatic carbocycles. The fourth-order valence-corrected chi connectivity index (χ4v) is 2.86. The molecule has 6 nitrogen and oxygen atoms in total. The van der Waals surface area contributed by atoms with Crippen LogP contribution in [-0.4, -0.2) is 11.9 Å². The van der Waals surface area contributed by atoms with E-state index in [0.717, 1.165) is 34.0 Å². The summed E-state index contributed by atoms with van der Waals surface area (Å²) in [5.74, 6) is 1.77. The molecular formula is C18H17N3O3. The Morgan fingerprint density at radius 3 is 2.62 bits per heavy atom. The number of nitrogen functional groups attached to an aromatic ring is 1. The van der Waals surface area contributed by atoms with E-state index in [1.165, 1.54) is 0 Å². The first-order chi connectivity index (χ1) is 11.7. The highest BCUT2D eigenvalue weighted by molar-refractivity contribution is 5.56. The average Bonchev–Trinajstić information content (AvgIpc) is 3.20. The number of benzene rings is 2. The molecule has 0 amide bonds. The largest absolute Gasteiger partial charge is 0.454 e. The SMILES string of the molecule is Cc1noc(N)c1C(Nc1ccccc1)c1ccc2c(c1)OCO2. The molecular weight excluding hydrogens is 306 g/mol. The average molecular weight is 323 g/mol. The van der Waals surface area contributed by atoms with Crippen molar-refractivity contribution in [2.45, 2.75) is 13.0 Å². The van der Waals surface area contributed by atoms with Gasteiger partial charge in [0.2, 0.25) is 12.7 Å². The third-order valence-corrected chi connectivity index (χ3v) is 4.04. The molecule has 0 fully saturated rings. The number of nitrogens with zero attached hydrogens (tertiary/aromatic N) is 1. The van der Waals surface area contributed by atoms with Crippen LogP contribution in [0.3, 0.4) is 0 Å². The zero-order valence-electron chi connectivity index (χ0n) is 13.2. The normalized spacial score (nSPS) is 13.7. The molecule has 0 spiro atoms. The van der Waals surface area contributed by atoms with Crippen molar-refractivity contribution in [3.8, 4) is 11.5 Å². The standard InChI is InChI=1S/C18H17N3O3/c1-11-16(18(19)24-21-11)17(20-13-5-3-2-4-6-13)12-7-8-14-15(9-12)23-10-22-14/h2-9,17,20H,10,19H2,1H3. The van der Waals surface area contributed by atoms with Crippen molar-refractivity contribution < 1.29 is 14.0 Å². The van der Waals surface area contributed by atoms with Crippen molar-refractivity contribution in [2.24, 2.45) is 0 Å². The second kappa shape index (κ2) is 5.81. The molecule has 0 saturated heterocycles. The van der Waals surface area contributed by atoms with Gasteiger partial charge in [-0.2, -0.15) is 0 Å². The van der Waals surface area contributed by atoms with Crippen LogP contribution in [0.4, 0.5) is 11.6 Å². The molecule has 3 aromatic rings. The summed E-state index contributed by atoms with van der Waals surface area (Å²) < 4.78 is 16.0. The van der Waals surface area contributed by atoms with Gasteiger partial charge in [-0.25, -0.2) is 0 Å². The molecule has 2 heterocycles. The van der Waals surface area contributed by atoms with E-state index in [9.17, 15) is 0 Å². The molecule has 0 radical (unpaired) electrons. The minimum Gasteiger partial charge on any atom is -0.454 e. The molecule has 1 aliphatic rings. The third-order valence-electron chi connectivity index (χ3n) is 4.04. The third kappa shape index (κ3) is 2.52. The molecule has 6 heteroatoms. The molecule has 1 atom stereocenters. The van der Waals surface area contributed by atoms with E-state index >= 15 is 0 Å². The molecule has 24 heavy (non-hydrogen) atoms. The Balaban J connectivity index is 1.78. The summed E-state index contributed by atoms with van der Waals surface area (Å²) in [6.07, 6.45) is 0. The van der Waals surface area contributed by atoms with Crippen LogP contribution in [0.25, 0.3) is 0 Å². The van der Waals surface area contributed by atoms with E-state index in [2.05, 4.69) is 10.5 Å². The van der Waals surface area contributed by atoms with Crippen molar-refractivity contribution >= 4 is 11.6 Å². The number of rotatable bonds is 4. The number of ether oxygens (including phenoxy) is 2. The van der Waals surface area contributed by atoms with Crippen LogP contribution in [0, 0.1) is 6.92 Å². The predicted molar refractivity (Wildman–Crippen MR) is 90.1 cm³/mol. The van der Waals surface area contributed by atoms with Gasteiger partial charge < -0.3 is 25.0 Å². The second-order valence-electron chi connectivity index (χ2n) is 5.60. The highest BCUT2D eigenvalue weighted by Crippen LogP contribution is 2.38. The van der Waals surface area contributed by atoms with Gasteiger partial charge in [-0.15, -0.1) is 0 Å². The zero-order chi connectivity index (χ0) is 16.5. The van der Waals surface area contributed by atoms with Crippen molar-refractivity contribution in [3.05, 3.63) is 65.4 Å². The number of aryl methyl sites for hydroxylation is 1. The van der Waals surface area contributed by atoms with Gasteiger partial charge in [0.1, 0.15) is 0 Å². The van der Waals surface area contributed by atoms with Crippen LogP contribution in [-0.2, 0) is 0 Å². The van der Waals surface area contributed by atoms with Crippen LogP contribution in [0.2, 0.25) is 0 Å². The van der Waals surface area contributed by atoms with Crippen molar-refractivity contribution in [1.29, 1.82) is 0 Å². The molecule has 1 aromatic heterocycles. The van der Waals surface area contributed by atoms with Crippen LogP contribution in [0.15, 0.2) is 53.1 Å². The lowest BCUT2D eigenvalue weighted by Gasteiger charge is -2.20. The predicted octanol–water partition coefficient (Wildman–Crippen LogP) is 3.50. The number of para-hydroxylation sites is 1. The summed E-state index contributed by atoms with van der Waals surface area (Å²) in [7, 11) is 0. The first kappa shape index (κ1) is 14.4. The second-order valence-corrected chi connectivity index (χ2v) is 5.60. The maximum absolute atomic E-state index is 6.02. The topological polar surface area (TPSA) is 82.5 Å². The van der Waals surface area contributed by atoms with Crippen molar-refractivity contribution in [3.63, 3.8) is 0 Å². The zero-order valence-corrected chi connectivity index (χ0v) is 13.2. The molecule has 0 bridgehead atoms. The van der Waals surface area contributed by atoms with Gasteiger partial charge in [0.15, 0.2) is 11.5 Å². The fourth-order valence-electron chi connectivity index (χ4n) is 2.86. The van der Waals surface area contributed by atoms with Gasteiger partial charge in [-0.05, 0) is 36.8 Å². The highest BCUT2D eigenvalue weighted by Gasteiger charge is 2.25. The Labute approximate surface area is 139 Å². The van der Waals surface area contributed by atoms with Crippen LogP contribution in [0.1, 0.15) is 22.9 Å². The van der Waals surface area contributed by atoms with Gasteiger partial charge in [0, 0.05) is 5.69 Å². The minimum atomic E-state index is -0.215. The number of fused-ring (bicyclic) bond motifs is 1. The van der Waals surface area contributed by atoms with Crippen LogP contribution in [0.5, 0.6) is 11.5 Å². The summed E-state index contributed by atoms with van der Waals surface area (Å²) in [5.41, 5.74) is 9.55. The van der Waals surface area contributed by atoms with Gasteiger partial charge >= 0.3 is 0 Å². The first-order valence-corrected chi connectivity index (χ1v) is 7.65. The number of nitrogens with two attached hydrogens (primary N) is 1.